The first kappa shape index (κ1) is 28.8. The zero-order chi connectivity index (χ0) is 34.2. The van der Waals surface area contributed by atoms with Crippen molar-refractivity contribution >= 4 is 65.4 Å². The zero-order valence-electron chi connectivity index (χ0n) is 28.1. The van der Waals surface area contributed by atoms with Gasteiger partial charge in [0.05, 0.1) is 33.1 Å². The van der Waals surface area contributed by atoms with Gasteiger partial charge in [0, 0.05) is 44.2 Å². The van der Waals surface area contributed by atoms with Crippen LogP contribution in [0.4, 0.5) is 0 Å². The van der Waals surface area contributed by atoms with Crippen LogP contribution in [-0.2, 0) is 0 Å². The highest BCUT2D eigenvalue weighted by Gasteiger charge is 2.18. The van der Waals surface area contributed by atoms with Crippen molar-refractivity contribution in [2.24, 2.45) is 0 Å². The molecule has 242 valence electrons. The molecule has 0 aliphatic heterocycles. The molecule has 11 rings (SSSR count). The molecule has 0 aliphatic rings. The number of para-hydroxylation sites is 5. The average Bonchev–Trinajstić information content (AvgIpc) is 3.73. The van der Waals surface area contributed by atoms with Gasteiger partial charge >= 0.3 is 0 Å². The van der Waals surface area contributed by atoms with E-state index in [0.29, 0.717) is 0 Å². The topological polar surface area (TPSA) is 35.6 Å². The highest BCUT2D eigenvalue weighted by Crippen LogP contribution is 2.39. The van der Waals surface area contributed by atoms with E-state index >= 15 is 0 Å². The van der Waals surface area contributed by atoms with Crippen molar-refractivity contribution in [1.82, 2.24) is 19.1 Å². The SMILES string of the molecule is c1ccc2c(-c3ccc(-c4cc(-n5c6ccccc6c6ccccc65)nc5ccc(-n6c7ccccc7c7ccccc76)cc45)cc3)ccnc2c1. The Morgan fingerprint density at radius 3 is 1.44 bits per heavy atom. The minimum Gasteiger partial charge on any atom is -0.309 e. The number of hydrogen-bond acceptors (Lipinski definition) is 2. The Labute approximate surface area is 299 Å². The van der Waals surface area contributed by atoms with E-state index in [2.05, 4.69) is 184 Å². The first-order valence-electron chi connectivity index (χ1n) is 17.7. The summed E-state index contributed by atoms with van der Waals surface area (Å²) in [4.78, 5) is 10.00. The molecule has 4 aromatic heterocycles. The van der Waals surface area contributed by atoms with Gasteiger partial charge in [-0.15, -0.1) is 0 Å². The van der Waals surface area contributed by atoms with Gasteiger partial charge in [0.2, 0.25) is 0 Å². The predicted octanol–water partition coefficient (Wildman–Crippen LogP) is 12.3. The van der Waals surface area contributed by atoms with Gasteiger partial charge in [-0.2, -0.15) is 0 Å². The van der Waals surface area contributed by atoms with Gasteiger partial charge in [-0.3, -0.25) is 9.55 Å². The van der Waals surface area contributed by atoms with Crippen LogP contribution in [0.3, 0.4) is 0 Å². The normalized spacial score (nSPS) is 11.8. The van der Waals surface area contributed by atoms with Crippen molar-refractivity contribution in [2.45, 2.75) is 0 Å². The van der Waals surface area contributed by atoms with E-state index in [0.717, 1.165) is 61.0 Å². The molecule has 4 nitrogen and oxygen atoms in total. The van der Waals surface area contributed by atoms with Gasteiger partial charge in [0.15, 0.2) is 0 Å². The number of nitrogens with zero attached hydrogens (tertiary/aromatic N) is 4. The second-order valence-electron chi connectivity index (χ2n) is 13.4. The lowest BCUT2D eigenvalue weighted by atomic mass is 9.96. The second-order valence-corrected chi connectivity index (χ2v) is 13.4. The van der Waals surface area contributed by atoms with Crippen LogP contribution in [0.25, 0.3) is 99.2 Å². The number of benzene rings is 7. The summed E-state index contributed by atoms with van der Waals surface area (Å²) < 4.78 is 4.69. The number of rotatable bonds is 4. The summed E-state index contributed by atoms with van der Waals surface area (Å²) in [5.41, 5.74) is 12.3. The molecular formula is C48H30N4. The molecule has 0 fully saturated rings. The summed E-state index contributed by atoms with van der Waals surface area (Å²) in [6.07, 6.45) is 1.90. The third-order valence-electron chi connectivity index (χ3n) is 10.6. The van der Waals surface area contributed by atoms with Crippen molar-refractivity contribution in [3.05, 3.63) is 182 Å². The maximum Gasteiger partial charge on any atom is 0.138 e. The number of aromatic nitrogens is 4. The molecule has 0 amide bonds. The summed E-state index contributed by atoms with van der Waals surface area (Å²) in [6, 6.07) is 63.0. The van der Waals surface area contributed by atoms with Crippen LogP contribution in [-0.4, -0.2) is 19.1 Å². The highest BCUT2D eigenvalue weighted by atomic mass is 15.1. The fraction of sp³-hybridized carbons (Fsp3) is 0. The fourth-order valence-corrected chi connectivity index (χ4v) is 8.24. The van der Waals surface area contributed by atoms with Crippen LogP contribution in [0, 0.1) is 0 Å². The van der Waals surface area contributed by atoms with E-state index in [9.17, 15) is 0 Å². The zero-order valence-corrected chi connectivity index (χ0v) is 28.1. The molecule has 0 aliphatic carbocycles. The third-order valence-corrected chi connectivity index (χ3v) is 10.6. The van der Waals surface area contributed by atoms with Gasteiger partial charge in [-0.25, -0.2) is 4.98 Å². The van der Waals surface area contributed by atoms with Crippen LogP contribution < -0.4 is 0 Å². The van der Waals surface area contributed by atoms with Gasteiger partial charge in [0.1, 0.15) is 5.82 Å². The van der Waals surface area contributed by atoms with Crippen molar-refractivity contribution < 1.29 is 0 Å². The van der Waals surface area contributed by atoms with Crippen LogP contribution in [0.5, 0.6) is 0 Å². The van der Waals surface area contributed by atoms with E-state index in [4.69, 9.17) is 4.98 Å². The van der Waals surface area contributed by atoms with Crippen LogP contribution in [0.15, 0.2) is 182 Å². The quantitative estimate of drug-likeness (QED) is 0.188. The Balaban J connectivity index is 1.17. The smallest absolute Gasteiger partial charge is 0.138 e. The van der Waals surface area contributed by atoms with E-state index in [1.54, 1.807) is 0 Å². The monoisotopic (exact) mass is 662 g/mol. The van der Waals surface area contributed by atoms with Crippen molar-refractivity contribution in [1.29, 1.82) is 0 Å². The number of fused-ring (bicyclic) bond motifs is 8. The summed E-state index contributed by atoms with van der Waals surface area (Å²) >= 11 is 0. The first-order valence-corrected chi connectivity index (χ1v) is 17.7. The Kier molecular flexibility index (Phi) is 6.22. The largest absolute Gasteiger partial charge is 0.309 e. The third kappa shape index (κ3) is 4.28. The fourth-order valence-electron chi connectivity index (χ4n) is 8.24. The van der Waals surface area contributed by atoms with Gasteiger partial charge < -0.3 is 4.57 Å². The molecule has 0 saturated carbocycles. The standard InChI is InChI=1S/C48H30N4/c1-6-16-42-35(11-1)34(27-28-49-42)31-21-23-32(24-22-31)40-30-48(52-46-19-9-4-14-38(46)39-15-5-10-20-47(39)52)50-43-26-25-33(29-41(40)43)51-44-17-7-2-12-36(44)37-13-3-8-18-45(37)51/h1-30H. The molecule has 11 aromatic rings. The second kappa shape index (κ2) is 11.2. The lowest BCUT2D eigenvalue weighted by Crippen LogP contribution is -2.00. The molecule has 0 atom stereocenters. The molecule has 4 heterocycles. The average molecular weight is 663 g/mol. The number of pyridine rings is 2. The van der Waals surface area contributed by atoms with E-state index in [-0.39, 0.29) is 0 Å². The number of hydrogen-bond donors (Lipinski definition) is 0. The predicted molar refractivity (Wildman–Crippen MR) is 217 cm³/mol. The lowest BCUT2D eigenvalue weighted by Gasteiger charge is -2.15. The summed E-state index contributed by atoms with van der Waals surface area (Å²) in [5.74, 6) is 0.897. The van der Waals surface area contributed by atoms with Gasteiger partial charge in [-0.1, -0.05) is 115 Å². The van der Waals surface area contributed by atoms with Crippen LogP contribution in [0.2, 0.25) is 0 Å². The van der Waals surface area contributed by atoms with Crippen LogP contribution >= 0.6 is 0 Å². The lowest BCUT2D eigenvalue weighted by molar-refractivity contribution is 1.10. The molecule has 52 heavy (non-hydrogen) atoms. The van der Waals surface area contributed by atoms with Crippen molar-refractivity contribution in [3.8, 4) is 33.8 Å². The van der Waals surface area contributed by atoms with Crippen LogP contribution in [0.1, 0.15) is 0 Å². The molecular weight excluding hydrogens is 633 g/mol. The van der Waals surface area contributed by atoms with E-state index in [1.165, 1.54) is 38.1 Å². The minimum atomic E-state index is 0.897. The van der Waals surface area contributed by atoms with Gasteiger partial charge in [-0.05, 0) is 82.9 Å². The van der Waals surface area contributed by atoms with Crippen molar-refractivity contribution in [2.75, 3.05) is 0 Å². The molecule has 4 heteroatoms. The molecule has 0 N–H and O–H groups in total. The molecule has 0 radical (unpaired) electrons. The molecule has 7 aromatic carbocycles. The minimum absolute atomic E-state index is 0.897. The molecule has 0 unspecified atom stereocenters. The highest BCUT2D eigenvalue weighted by molar-refractivity contribution is 6.11. The summed E-state index contributed by atoms with van der Waals surface area (Å²) in [5, 5.41) is 7.19. The summed E-state index contributed by atoms with van der Waals surface area (Å²) in [7, 11) is 0. The maximum absolute atomic E-state index is 5.40. The Hall–Kier alpha value is -7.04. The molecule has 0 saturated heterocycles. The summed E-state index contributed by atoms with van der Waals surface area (Å²) in [6.45, 7) is 0. The van der Waals surface area contributed by atoms with E-state index in [1.807, 2.05) is 12.3 Å². The molecule has 0 spiro atoms. The Morgan fingerprint density at radius 1 is 0.346 bits per heavy atom. The van der Waals surface area contributed by atoms with E-state index < -0.39 is 0 Å². The maximum atomic E-state index is 5.40. The first-order chi connectivity index (χ1) is 25.8. The van der Waals surface area contributed by atoms with Crippen molar-refractivity contribution in [3.63, 3.8) is 0 Å². The molecule has 0 bridgehead atoms. The Morgan fingerprint density at radius 2 is 0.846 bits per heavy atom. The Bertz CT molecular complexity index is 3070. The van der Waals surface area contributed by atoms with Gasteiger partial charge in [0.25, 0.3) is 0 Å².